The first kappa shape index (κ1) is 14.7. The van der Waals surface area contributed by atoms with Gasteiger partial charge in [0.05, 0.1) is 13.2 Å². The van der Waals surface area contributed by atoms with E-state index in [-0.39, 0.29) is 0 Å². The lowest BCUT2D eigenvalue weighted by Gasteiger charge is -2.30. The zero-order valence-electron chi connectivity index (χ0n) is 13.1. The summed E-state index contributed by atoms with van der Waals surface area (Å²) >= 11 is 0. The van der Waals surface area contributed by atoms with Crippen LogP contribution in [0.25, 0.3) is 0 Å². The van der Waals surface area contributed by atoms with E-state index in [1.165, 1.54) is 24.2 Å². The summed E-state index contributed by atoms with van der Waals surface area (Å²) in [5, 5.41) is 3.63. The lowest BCUT2D eigenvalue weighted by Crippen LogP contribution is -2.37. The molecule has 0 spiro atoms. The van der Waals surface area contributed by atoms with E-state index in [2.05, 4.69) is 46.3 Å². The first-order chi connectivity index (χ1) is 10.4. The molecule has 0 radical (unpaired) electrons. The fourth-order valence-corrected chi connectivity index (χ4v) is 3.20. The number of ether oxygens (including phenoxy) is 1. The van der Waals surface area contributed by atoms with Crippen LogP contribution in [0.3, 0.4) is 0 Å². The molecule has 4 nitrogen and oxygen atoms in total. The second kappa shape index (κ2) is 7.14. The molecular formula is C17H27N3O. The van der Waals surface area contributed by atoms with Crippen molar-refractivity contribution in [2.75, 3.05) is 55.7 Å². The summed E-state index contributed by atoms with van der Waals surface area (Å²) in [6.45, 7) is 9.38. The molecule has 1 aromatic rings. The quantitative estimate of drug-likeness (QED) is 0.922. The van der Waals surface area contributed by atoms with Gasteiger partial charge in [0.2, 0.25) is 0 Å². The third kappa shape index (κ3) is 3.69. The molecule has 2 aliphatic heterocycles. The highest BCUT2D eigenvalue weighted by molar-refractivity contribution is 5.56. The Hall–Kier alpha value is -1.26. The van der Waals surface area contributed by atoms with Crippen LogP contribution in [-0.2, 0) is 4.74 Å². The van der Waals surface area contributed by atoms with Crippen LogP contribution in [0.1, 0.15) is 19.8 Å². The second-order valence-corrected chi connectivity index (χ2v) is 5.97. The molecule has 1 atom stereocenters. The van der Waals surface area contributed by atoms with Gasteiger partial charge in [0, 0.05) is 43.6 Å². The van der Waals surface area contributed by atoms with Crippen molar-refractivity contribution in [3.8, 4) is 0 Å². The number of nitrogens with zero attached hydrogens (tertiary/aromatic N) is 2. The van der Waals surface area contributed by atoms with Crippen LogP contribution in [0.4, 0.5) is 11.4 Å². The molecule has 2 aliphatic rings. The molecule has 21 heavy (non-hydrogen) atoms. The van der Waals surface area contributed by atoms with Crippen molar-refractivity contribution < 1.29 is 4.74 Å². The van der Waals surface area contributed by atoms with E-state index < -0.39 is 0 Å². The highest BCUT2D eigenvalue weighted by Gasteiger charge is 2.17. The summed E-state index contributed by atoms with van der Waals surface area (Å²) in [6, 6.07) is 9.71. The fourth-order valence-electron chi connectivity index (χ4n) is 3.20. The normalized spacial score (nSPS) is 24.0. The van der Waals surface area contributed by atoms with Crippen LogP contribution >= 0.6 is 0 Å². The molecule has 0 bridgehead atoms. The third-order valence-corrected chi connectivity index (χ3v) is 4.56. The molecule has 2 fully saturated rings. The predicted molar refractivity (Wildman–Crippen MR) is 88.4 cm³/mol. The van der Waals surface area contributed by atoms with E-state index in [1.54, 1.807) is 0 Å². The van der Waals surface area contributed by atoms with Gasteiger partial charge in [-0.25, -0.2) is 0 Å². The van der Waals surface area contributed by atoms with Gasteiger partial charge in [-0.05, 0) is 43.7 Å². The molecule has 1 unspecified atom stereocenters. The minimum atomic E-state index is 0.617. The lowest BCUT2D eigenvalue weighted by atomic mass is 10.2. The highest BCUT2D eigenvalue weighted by Crippen LogP contribution is 2.23. The van der Waals surface area contributed by atoms with E-state index in [0.29, 0.717) is 6.04 Å². The maximum atomic E-state index is 5.42. The van der Waals surface area contributed by atoms with Crippen molar-refractivity contribution in [3.63, 3.8) is 0 Å². The minimum absolute atomic E-state index is 0.617. The Kier molecular flexibility index (Phi) is 4.99. The number of rotatable bonds is 3. The van der Waals surface area contributed by atoms with E-state index in [1.807, 2.05) is 0 Å². The van der Waals surface area contributed by atoms with Crippen LogP contribution in [-0.4, -0.2) is 52.0 Å². The second-order valence-electron chi connectivity index (χ2n) is 5.97. The molecule has 116 valence electrons. The first-order valence-electron chi connectivity index (χ1n) is 8.28. The Morgan fingerprint density at radius 1 is 1.05 bits per heavy atom. The molecule has 2 saturated heterocycles. The molecule has 3 rings (SSSR count). The van der Waals surface area contributed by atoms with Gasteiger partial charge in [-0.2, -0.15) is 0 Å². The molecule has 2 heterocycles. The summed E-state index contributed by atoms with van der Waals surface area (Å²) in [5.74, 6) is 0. The topological polar surface area (TPSA) is 27.7 Å². The third-order valence-electron chi connectivity index (χ3n) is 4.56. The van der Waals surface area contributed by atoms with Crippen LogP contribution in [0, 0.1) is 0 Å². The van der Waals surface area contributed by atoms with Crippen molar-refractivity contribution in [1.82, 2.24) is 5.32 Å². The van der Waals surface area contributed by atoms with Gasteiger partial charge in [0.25, 0.3) is 0 Å². The Balaban J connectivity index is 1.67. The summed E-state index contributed by atoms with van der Waals surface area (Å²) in [5.41, 5.74) is 2.68. The molecule has 0 amide bonds. The van der Waals surface area contributed by atoms with Crippen molar-refractivity contribution in [1.29, 1.82) is 0 Å². The minimum Gasteiger partial charge on any atom is -0.378 e. The Labute approximate surface area is 128 Å². The monoisotopic (exact) mass is 289 g/mol. The predicted octanol–water partition coefficient (Wildman–Crippen LogP) is 2.10. The summed E-state index contributed by atoms with van der Waals surface area (Å²) in [7, 11) is 0. The van der Waals surface area contributed by atoms with Gasteiger partial charge in [0.1, 0.15) is 0 Å². The lowest BCUT2D eigenvalue weighted by molar-refractivity contribution is 0.122. The molecule has 0 saturated carbocycles. The standard InChI is InChI=1S/C17H27N3O/c1-2-15-14-20(9-3-8-18-15)17-6-4-16(5-7-17)19-10-12-21-13-11-19/h4-7,15,18H,2-3,8-14H2,1H3. The molecule has 1 N–H and O–H groups in total. The maximum Gasteiger partial charge on any atom is 0.0642 e. The van der Waals surface area contributed by atoms with Crippen molar-refractivity contribution in [2.45, 2.75) is 25.8 Å². The van der Waals surface area contributed by atoms with Crippen molar-refractivity contribution >= 4 is 11.4 Å². The molecule has 4 heteroatoms. The number of hydrogen-bond acceptors (Lipinski definition) is 4. The van der Waals surface area contributed by atoms with Crippen LogP contribution in [0.15, 0.2) is 24.3 Å². The van der Waals surface area contributed by atoms with Crippen LogP contribution in [0.5, 0.6) is 0 Å². The van der Waals surface area contributed by atoms with Gasteiger partial charge >= 0.3 is 0 Å². The smallest absolute Gasteiger partial charge is 0.0642 e. The Morgan fingerprint density at radius 3 is 2.38 bits per heavy atom. The first-order valence-corrected chi connectivity index (χ1v) is 8.28. The summed E-state index contributed by atoms with van der Waals surface area (Å²) in [6.07, 6.45) is 2.42. The number of hydrogen-bond donors (Lipinski definition) is 1. The molecule has 0 aliphatic carbocycles. The van der Waals surface area contributed by atoms with Gasteiger partial charge in [-0.15, -0.1) is 0 Å². The maximum absolute atomic E-state index is 5.42. The van der Waals surface area contributed by atoms with E-state index in [4.69, 9.17) is 4.74 Å². The molecule has 0 aromatic heterocycles. The molecular weight excluding hydrogens is 262 g/mol. The summed E-state index contributed by atoms with van der Waals surface area (Å²) in [4.78, 5) is 4.93. The zero-order valence-corrected chi connectivity index (χ0v) is 13.1. The number of morpholine rings is 1. The number of nitrogens with one attached hydrogen (secondary N) is 1. The molecule has 1 aromatic carbocycles. The largest absolute Gasteiger partial charge is 0.378 e. The van der Waals surface area contributed by atoms with Gasteiger partial charge in [0.15, 0.2) is 0 Å². The van der Waals surface area contributed by atoms with E-state index in [0.717, 1.165) is 45.9 Å². The SMILES string of the molecule is CCC1CN(c2ccc(N3CCOCC3)cc2)CCCN1. The Bertz CT molecular complexity index is 428. The average Bonchev–Trinajstić information content (AvgIpc) is 2.81. The average molecular weight is 289 g/mol. The van der Waals surface area contributed by atoms with Gasteiger partial charge in [-0.1, -0.05) is 6.92 Å². The van der Waals surface area contributed by atoms with Gasteiger partial charge in [-0.3, -0.25) is 0 Å². The Morgan fingerprint density at radius 2 is 1.71 bits per heavy atom. The van der Waals surface area contributed by atoms with Gasteiger partial charge < -0.3 is 19.9 Å². The van der Waals surface area contributed by atoms with Crippen LogP contribution < -0.4 is 15.1 Å². The van der Waals surface area contributed by atoms with Crippen molar-refractivity contribution in [3.05, 3.63) is 24.3 Å². The summed E-state index contributed by atoms with van der Waals surface area (Å²) < 4.78 is 5.42. The fraction of sp³-hybridized carbons (Fsp3) is 0.647. The van der Waals surface area contributed by atoms with E-state index in [9.17, 15) is 0 Å². The number of anilines is 2. The van der Waals surface area contributed by atoms with Crippen LogP contribution in [0.2, 0.25) is 0 Å². The van der Waals surface area contributed by atoms with E-state index >= 15 is 0 Å². The van der Waals surface area contributed by atoms with Crippen molar-refractivity contribution in [2.24, 2.45) is 0 Å². The highest BCUT2D eigenvalue weighted by atomic mass is 16.5. The zero-order chi connectivity index (χ0) is 14.5. The number of benzene rings is 1.